The van der Waals surface area contributed by atoms with Crippen LogP contribution in [0, 0.1) is 0 Å². The number of anilines is 1. The standard InChI is InChI=1S/C24H29NO7S/c1-5-31-24(28)21-16-8-6-7-9-19(16)33-23(21)25-22(27)14(2)32-20(26)13-15-10-11-17(29-3)18(12-15)30-4/h10-12,14H,5-9,13H2,1-4H3,(H,25,27). The van der Waals surface area contributed by atoms with Crippen molar-refractivity contribution in [2.45, 2.75) is 52.1 Å². The first-order valence-corrected chi connectivity index (χ1v) is 11.7. The SMILES string of the molecule is CCOC(=O)c1c(NC(=O)C(C)OC(=O)Cc2ccc(OC)c(OC)c2)sc2c1CCCC2. The number of carbonyl (C=O) groups is 3. The van der Waals surface area contributed by atoms with E-state index in [9.17, 15) is 14.4 Å². The fraction of sp³-hybridized carbons (Fsp3) is 0.458. The highest BCUT2D eigenvalue weighted by molar-refractivity contribution is 7.17. The maximum Gasteiger partial charge on any atom is 0.341 e. The van der Waals surface area contributed by atoms with E-state index in [1.165, 1.54) is 32.5 Å². The predicted molar refractivity (Wildman–Crippen MR) is 124 cm³/mol. The molecular formula is C24H29NO7S. The quantitative estimate of drug-likeness (QED) is 0.549. The minimum atomic E-state index is -1.04. The highest BCUT2D eigenvalue weighted by atomic mass is 32.1. The van der Waals surface area contributed by atoms with E-state index < -0.39 is 23.9 Å². The van der Waals surface area contributed by atoms with Crippen LogP contribution < -0.4 is 14.8 Å². The van der Waals surface area contributed by atoms with E-state index in [1.807, 2.05) is 0 Å². The average molecular weight is 476 g/mol. The third-order valence-electron chi connectivity index (χ3n) is 5.36. The van der Waals surface area contributed by atoms with Gasteiger partial charge >= 0.3 is 11.9 Å². The molecule has 33 heavy (non-hydrogen) atoms. The van der Waals surface area contributed by atoms with Crippen molar-refractivity contribution in [3.8, 4) is 11.5 Å². The number of fused-ring (bicyclic) bond motifs is 1. The molecule has 1 unspecified atom stereocenters. The van der Waals surface area contributed by atoms with Crippen molar-refractivity contribution in [1.29, 1.82) is 0 Å². The van der Waals surface area contributed by atoms with Crippen LogP contribution in [-0.2, 0) is 38.3 Å². The molecule has 1 aliphatic rings. The van der Waals surface area contributed by atoms with Crippen LogP contribution in [-0.4, -0.2) is 44.8 Å². The number of amides is 1. The normalized spacial score (nSPS) is 13.5. The summed E-state index contributed by atoms with van der Waals surface area (Å²) in [6, 6.07) is 5.12. The van der Waals surface area contributed by atoms with Gasteiger partial charge in [-0.1, -0.05) is 6.07 Å². The number of hydrogen-bond acceptors (Lipinski definition) is 8. The van der Waals surface area contributed by atoms with Crippen molar-refractivity contribution < 1.29 is 33.3 Å². The molecule has 178 valence electrons. The van der Waals surface area contributed by atoms with Gasteiger partial charge in [-0.3, -0.25) is 9.59 Å². The van der Waals surface area contributed by atoms with Gasteiger partial charge in [0.25, 0.3) is 5.91 Å². The molecule has 1 aromatic carbocycles. The van der Waals surface area contributed by atoms with Gasteiger partial charge in [-0.25, -0.2) is 4.79 Å². The zero-order chi connectivity index (χ0) is 24.0. The van der Waals surface area contributed by atoms with Gasteiger partial charge in [0, 0.05) is 4.88 Å². The predicted octanol–water partition coefficient (Wildman–Crippen LogP) is 3.93. The van der Waals surface area contributed by atoms with E-state index in [1.54, 1.807) is 25.1 Å². The van der Waals surface area contributed by atoms with E-state index in [4.69, 9.17) is 18.9 Å². The molecule has 1 aliphatic carbocycles. The molecule has 0 bridgehead atoms. The number of methoxy groups -OCH3 is 2. The number of esters is 2. The van der Waals surface area contributed by atoms with Gasteiger partial charge in [0.1, 0.15) is 5.00 Å². The van der Waals surface area contributed by atoms with E-state index >= 15 is 0 Å². The third kappa shape index (κ3) is 5.84. The molecule has 3 rings (SSSR count). The molecule has 0 spiro atoms. The number of ether oxygens (including phenoxy) is 4. The Morgan fingerprint density at radius 1 is 1.09 bits per heavy atom. The number of aryl methyl sites for hydroxylation is 1. The van der Waals surface area contributed by atoms with Crippen molar-refractivity contribution in [3.63, 3.8) is 0 Å². The highest BCUT2D eigenvalue weighted by Crippen LogP contribution is 2.38. The van der Waals surface area contributed by atoms with Crippen molar-refractivity contribution in [2.75, 3.05) is 26.1 Å². The third-order valence-corrected chi connectivity index (χ3v) is 6.57. The molecule has 9 heteroatoms. The minimum Gasteiger partial charge on any atom is -0.493 e. The Morgan fingerprint density at radius 2 is 1.82 bits per heavy atom. The lowest BCUT2D eigenvalue weighted by Crippen LogP contribution is -2.30. The molecule has 2 aromatic rings. The summed E-state index contributed by atoms with van der Waals surface area (Å²) in [6.45, 7) is 3.50. The van der Waals surface area contributed by atoms with Gasteiger partial charge in [0.05, 0.1) is 32.8 Å². The lowest BCUT2D eigenvalue weighted by Gasteiger charge is -2.15. The lowest BCUT2D eigenvalue weighted by molar-refractivity contribution is -0.152. The second kappa shape index (κ2) is 11.2. The Kier molecular flexibility index (Phi) is 8.32. The zero-order valence-corrected chi connectivity index (χ0v) is 20.1. The Bertz CT molecular complexity index is 1030. The molecule has 0 saturated carbocycles. The summed E-state index contributed by atoms with van der Waals surface area (Å²) >= 11 is 1.39. The van der Waals surface area contributed by atoms with Gasteiger partial charge in [0.15, 0.2) is 17.6 Å². The molecule has 1 heterocycles. The Balaban J connectivity index is 1.67. The molecular weight excluding hydrogens is 446 g/mol. The van der Waals surface area contributed by atoms with Crippen LogP contribution in [0.5, 0.6) is 11.5 Å². The average Bonchev–Trinajstić information content (AvgIpc) is 3.16. The Hall–Kier alpha value is -3.07. The monoisotopic (exact) mass is 475 g/mol. The number of benzene rings is 1. The van der Waals surface area contributed by atoms with Crippen molar-refractivity contribution in [1.82, 2.24) is 0 Å². The second-order valence-corrected chi connectivity index (χ2v) is 8.73. The van der Waals surface area contributed by atoms with Gasteiger partial charge < -0.3 is 24.3 Å². The second-order valence-electron chi connectivity index (χ2n) is 7.62. The number of thiophene rings is 1. The van der Waals surface area contributed by atoms with Gasteiger partial charge in [0.2, 0.25) is 0 Å². The fourth-order valence-corrected chi connectivity index (χ4v) is 5.02. The highest BCUT2D eigenvalue weighted by Gasteiger charge is 2.29. The topological polar surface area (TPSA) is 100 Å². The molecule has 0 saturated heterocycles. The van der Waals surface area contributed by atoms with Crippen LogP contribution in [0.2, 0.25) is 0 Å². The van der Waals surface area contributed by atoms with Crippen LogP contribution in [0.15, 0.2) is 18.2 Å². The Morgan fingerprint density at radius 3 is 2.52 bits per heavy atom. The molecule has 1 atom stereocenters. The first kappa shape index (κ1) is 24.6. The molecule has 1 aromatic heterocycles. The maximum atomic E-state index is 12.8. The van der Waals surface area contributed by atoms with Crippen molar-refractivity contribution >= 4 is 34.2 Å². The summed E-state index contributed by atoms with van der Waals surface area (Å²) in [4.78, 5) is 38.8. The van der Waals surface area contributed by atoms with E-state index in [2.05, 4.69) is 5.32 Å². The van der Waals surface area contributed by atoms with Gasteiger partial charge in [-0.15, -0.1) is 11.3 Å². The molecule has 0 radical (unpaired) electrons. The van der Waals surface area contributed by atoms with Crippen molar-refractivity contribution in [2.24, 2.45) is 0 Å². The van der Waals surface area contributed by atoms with Crippen LogP contribution in [0.3, 0.4) is 0 Å². The van der Waals surface area contributed by atoms with Crippen molar-refractivity contribution in [3.05, 3.63) is 39.8 Å². The molecule has 8 nitrogen and oxygen atoms in total. The first-order valence-electron chi connectivity index (χ1n) is 10.9. The minimum absolute atomic E-state index is 0.0284. The largest absolute Gasteiger partial charge is 0.493 e. The van der Waals surface area contributed by atoms with Gasteiger partial charge in [-0.05, 0) is 62.8 Å². The first-order chi connectivity index (χ1) is 15.9. The molecule has 1 amide bonds. The summed E-state index contributed by atoms with van der Waals surface area (Å²) < 4.78 is 21.0. The van der Waals surface area contributed by atoms with E-state index in [-0.39, 0.29) is 13.0 Å². The van der Waals surface area contributed by atoms with Crippen LogP contribution in [0.25, 0.3) is 0 Å². The van der Waals surface area contributed by atoms with Crippen LogP contribution in [0.1, 0.15) is 53.1 Å². The zero-order valence-electron chi connectivity index (χ0n) is 19.3. The Labute approximate surface area is 197 Å². The fourth-order valence-electron chi connectivity index (χ4n) is 3.74. The summed E-state index contributed by atoms with van der Waals surface area (Å²) in [7, 11) is 3.04. The lowest BCUT2D eigenvalue weighted by atomic mass is 9.95. The number of rotatable bonds is 9. The van der Waals surface area contributed by atoms with Crippen LogP contribution >= 0.6 is 11.3 Å². The number of carbonyl (C=O) groups excluding carboxylic acids is 3. The van der Waals surface area contributed by atoms with Crippen LogP contribution in [0.4, 0.5) is 5.00 Å². The number of hydrogen-bond donors (Lipinski definition) is 1. The van der Waals surface area contributed by atoms with Gasteiger partial charge in [-0.2, -0.15) is 0 Å². The summed E-state index contributed by atoms with van der Waals surface area (Å²) in [5.41, 5.74) is 2.05. The summed E-state index contributed by atoms with van der Waals surface area (Å²) in [6.07, 6.45) is 2.64. The summed E-state index contributed by atoms with van der Waals surface area (Å²) in [5, 5.41) is 3.23. The van der Waals surface area contributed by atoms with E-state index in [0.29, 0.717) is 27.6 Å². The smallest absolute Gasteiger partial charge is 0.341 e. The van der Waals surface area contributed by atoms with E-state index in [0.717, 1.165) is 36.1 Å². The maximum absolute atomic E-state index is 12.8. The number of nitrogens with one attached hydrogen (secondary N) is 1. The summed E-state index contributed by atoms with van der Waals surface area (Å²) in [5.74, 6) is -0.439. The molecule has 1 N–H and O–H groups in total. The molecule has 0 fully saturated rings. The molecule has 0 aliphatic heterocycles.